The smallest absolute Gasteiger partial charge is 0.140 e. The molecule has 0 radical (unpaired) electrons. The van der Waals surface area contributed by atoms with Crippen molar-refractivity contribution in [2.75, 3.05) is 6.61 Å². The van der Waals surface area contributed by atoms with Gasteiger partial charge in [0.25, 0.3) is 0 Å². The van der Waals surface area contributed by atoms with E-state index in [1.165, 1.54) is 5.56 Å². The normalized spacial score (nSPS) is 20.0. The molecule has 2 aromatic rings. The highest BCUT2D eigenvalue weighted by Crippen LogP contribution is 2.43. The van der Waals surface area contributed by atoms with Crippen LogP contribution in [0, 0.1) is 26.2 Å². The molecule has 1 aliphatic heterocycles. The summed E-state index contributed by atoms with van der Waals surface area (Å²) < 4.78 is 12.6. The van der Waals surface area contributed by atoms with Crippen molar-refractivity contribution < 1.29 is 14.6 Å². The molecule has 29 heavy (non-hydrogen) atoms. The first-order valence-corrected chi connectivity index (χ1v) is 10.7. The molecule has 1 heterocycles. The maximum Gasteiger partial charge on any atom is 0.140 e. The summed E-state index contributed by atoms with van der Waals surface area (Å²) in [5.41, 5.74) is 5.18. The van der Waals surface area contributed by atoms with Crippen LogP contribution in [0.1, 0.15) is 74.8 Å². The Morgan fingerprint density at radius 1 is 1.07 bits per heavy atom. The van der Waals surface area contributed by atoms with Crippen molar-refractivity contribution in [1.29, 1.82) is 0 Å². The van der Waals surface area contributed by atoms with E-state index in [0.29, 0.717) is 18.3 Å². The fourth-order valence-corrected chi connectivity index (χ4v) is 3.99. The second-order valence-corrected chi connectivity index (χ2v) is 10.0. The van der Waals surface area contributed by atoms with Gasteiger partial charge in [-0.05, 0) is 86.3 Å². The number of phenolic OH excluding ortho intramolecular Hbond substituents is 1. The summed E-state index contributed by atoms with van der Waals surface area (Å²) in [4.78, 5) is 0. The Morgan fingerprint density at radius 3 is 2.28 bits per heavy atom. The van der Waals surface area contributed by atoms with E-state index < -0.39 is 0 Å². The average Bonchev–Trinajstić information content (AvgIpc) is 2.68. The Hall–Kier alpha value is -2.16. The molecule has 0 amide bonds. The van der Waals surface area contributed by atoms with Crippen molar-refractivity contribution in [3.05, 3.63) is 52.1 Å². The Morgan fingerprint density at radius 2 is 1.69 bits per heavy atom. The number of fused-ring (bicyclic) bond motifs is 1. The fourth-order valence-electron chi connectivity index (χ4n) is 3.99. The minimum atomic E-state index is -0.384. The lowest BCUT2D eigenvalue weighted by molar-refractivity contribution is 0.0166. The minimum Gasteiger partial charge on any atom is -0.507 e. The highest BCUT2D eigenvalue weighted by molar-refractivity contribution is 5.58. The fraction of sp³-hybridized carbons (Fsp3) is 0.538. The van der Waals surface area contributed by atoms with Gasteiger partial charge in [0.15, 0.2) is 0 Å². The zero-order chi connectivity index (χ0) is 21.6. The molecule has 0 aliphatic carbocycles. The molecule has 0 fully saturated rings. The lowest BCUT2D eigenvalue weighted by Crippen LogP contribution is -2.42. The molecule has 2 atom stereocenters. The van der Waals surface area contributed by atoms with Gasteiger partial charge in [-0.25, -0.2) is 0 Å². The first-order chi connectivity index (χ1) is 13.4. The lowest BCUT2D eigenvalue weighted by Gasteiger charge is -2.37. The summed E-state index contributed by atoms with van der Waals surface area (Å²) in [5, 5.41) is 10.4. The molecule has 0 saturated heterocycles. The molecule has 0 bridgehead atoms. The summed E-state index contributed by atoms with van der Waals surface area (Å²) in [6.07, 6.45) is 1.75. The highest BCUT2D eigenvalue weighted by atomic mass is 16.5. The zero-order valence-electron chi connectivity index (χ0n) is 19.3. The van der Waals surface area contributed by atoms with E-state index in [9.17, 15) is 5.11 Å². The van der Waals surface area contributed by atoms with E-state index in [2.05, 4.69) is 58.9 Å². The average molecular weight is 397 g/mol. The maximum atomic E-state index is 10.4. The van der Waals surface area contributed by atoms with Crippen LogP contribution >= 0.6 is 0 Å². The molecule has 3 heteroatoms. The Balaban J connectivity index is 1.72. The van der Waals surface area contributed by atoms with E-state index in [4.69, 9.17) is 9.47 Å². The van der Waals surface area contributed by atoms with Crippen molar-refractivity contribution in [2.24, 2.45) is 5.41 Å². The van der Waals surface area contributed by atoms with Gasteiger partial charge >= 0.3 is 0 Å². The summed E-state index contributed by atoms with van der Waals surface area (Å²) in [5.74, 6) is 2.68. The summed E-state index contributed by atoms with van der Waals surface area (Å²) in [6.45, 7) is 17.6. The second kappa shape index (κ2) is 7.59. The number of rotatable bonds is 4. The SMILES string of the molecule is Cc1c(C)c2c(c(C)c1O)CCC(C)(COc1ccc(C(C)C(C)(C)C)cc1)O2. The minimum absolute atomic E-state index is 0.238. The van der Waals surface area contributed by atoms with E-state index in [1.54, 1.807) is 0 Å². The predicted octanol–water partition coefficient (Wildman–Crippen LogP) is 6.63. The Labute approximate surface area is 176 Å². The van der Waals surface area contributed by atoms with Gasteiger partial charge < -0.3 is 14.6 Å². The molecule has 3 nitrogen and oxygen atoms in total. The van der Waals surface area contributed by atoms with E-state index in [0.717, 1.165) is 46.6 Å². The third-order valence-electron chi connectivity index (χ3n) is 6.82. The van der Waals surface area contributed by atoms with Crippen molar-refractivity contribution in [1.82, 2.24) is 0 Å². The maximum absolute atomic E-state index is 10.4. The van der Waals surface area contributed by atoms with Gasteiger partial charge in [-0.3, -0.25) is 0 Å². The number of ether oxygens (including phenoxy) is 2. The summed E-state index contributed by atoms with van der Waals surface area (Å²) >= 11 is 0. The van der Waals surface area contributed by atoms with Crippen LogP contribution in [0.4, 0.5) is 0 Å². The van der Waals surface area contributed by atoms with E-state index in [1.807, 2.05) is 20.8 Å². The molecule has 1 aliphatic rings. The van der Waals surface area contributed by atoms with Crippen LogP contribution in [0.5, 0.6) is 17.2 Å². The van der Waals surface area contributed by atoms with Crippen LogP contribution in [0.2, 0.25) is 0 Å². The monoisotopic (exact) mass is 396 g/mol. The Kier molecular flexibility index (Phi) is 5.64. The van der Waals surface area contributed by atoms with Crippen molar-refractivity contribution >= 4 is 0 Å². The number of benzene rings is 2. The first kappa shape index (κ1) is 21.5. The molecule has 2 aromatic carbocycles. The quantitative estimate of drug-likeness (QED) is 0.630. The summed E-state index contributed by atoms with van der Waals surface area (Å²) in [6, 6.07) is 8.47. The van der Waals surface area contributed by atoms with Crippen LogP contribution < -0.4 is 9.47 Å². The van der Waals surface area contributed by atoms with Crippen molar-refractivity contribution in [2.45, 2.75) is 79.8 Å². The van der Waals surface area contributed by atoms with Crippen LogP contribution in [-0.4, -0.2) is 17.3 Å². The van der Waals surface area contributed by atoms with Gasteiger partial charge in [-0.1, -0.05) is 39.8 Å². The van der Waals surface area contributed by atoms with Crippen LogP contribution in [0.25, 0.3) is 0 Å². The number of hydrogen-bond donors (Lipinski definition) is 1. The topological polar surface area (TPSA) is 38.7 Å². The molecule has 0 aromatic heterocycles. The molecular formula is C26H36O3. The van der Waals surface area contributed by atoms with Gasteiger partial charge in [0.2, 0.25) is 0 Å². The number of hydrogen-bond acceptors (Lipinski definition) is 3. The second-order valence-electron chi connectivity index (χ2n) is 10.0. The number of aromatic hydroxyl groups is 1. The van der Waals surface area contributed by atoms with Crippen molar-refractivity contribution in [3.8, 4) is 17.2 Å². The van der Waals surface area contributed by atoms with Gasteiger partial charge in [0.1, 0.15) is 29.5 Å². The molecule has 2 unspecified atom stereocenters. The van der Waals surface area contributed by atoms with Gasteiger partial charge in [-0.15, -0.1) is 0 Å². The van der Waals surface area contributed by atoms with E-state index in [-0.39, 0.29) is 11.0 Å². The largest absolute Gasteiger partial charge is 0.507 e. The van der Waals surface area contributed by atoms with Crippen LogP contribution in [-0.2, 0) is 6.42 Å². The molecule has 158 valence electrons. The van der Waals surface area contributed by atoms with Crippen molar-refractivity contribution in [3.63, 3.8) is 0 Å². The molecule has 0 saturated carbocycles. The van der Waals surface area contributed by atoms with Gasteiger partial charge in [-0.2, -0.15) is 0 Å². The predicted molar refractivity (Wildman–Crippen MR) is 119 cm³/mol. The number of phenols is 1. The molecule has 1 N–H and O–H groups in total. The van der Waals surface area contributed by atoms with Gasteiger partial charge in [0.05, 0.1) is 0 Å². The molecule has 3 rings (SSSR count). The standard InChI is InChI=1S/C26H36O3/c1-16-17(2)24-22(18(3)23(16)27)13-14-26(8,29-24)15-28-21-11-9-20(10-12-21)19(4)25(5,6)7/h9-12,19,27H,13-15H2,1-8H3. The van der Waals surface area contributed by atoms with Crippen LogP contribution in [0.15, 0.2) is 24.3 Å². The summed E-state index contributed by atoms with van der Waals surface area (Å²) in [7, 11) is 0. The lowest BCUT2D eigenvalue weighted by atomic mass is 9.78. The van der Waals surface area contributed by atoms with Gasteiger partial charge in [0, 0.05) is 5.56 Å². The van der Waals surface area contributed by atoms with Crippen LogP contribution in [0.3, 0.4) is 0 Å². The first-order valence-electron chi connectivity index (χ1n) is 10.7. The Bertz CT molecular complexity index is 890. The highest BCUT2D eigenvalue weighted by Gasteiger charge is 2.35. The third kappa shape index (κ3) is 4.24. The zero-order valence-corrected chi connectivity index (χ0v) is 19.3. The molecule has 0 spiro atoms. The third-order valence-corrected chi connectivity index (χ3v) is 6.82. The molecular weight excluding hydrogens is 360 g/mol. The van der Waals surface area contributed by atoms with E-state index >= 15 is 0 Å².